The van der Waals surface area contributed by atoms with Crippen LogP contribution in [0, 0.1) is 12.7 Å². The number of hydrogen-bond acceptors (Lipinski definition) is 3. The molecular weight excluding hydrogens is 307 g/mol. The van der Waals surface area contributed by atoms with Crippen LogP contribution in [-0.4, -0.2) is 19.6 Å². The standard InChI is InChI=1S/C16H16ClFN2O2/c1-10-7-14(15(22-2)8-11(10)17)19-9-16(21)20-13-6-4-3-5-12(13)18/h3-8,19H,9H2,1-2H3,(H,20,21). The van der Waals surface area contributed by atoms with Gasteiger partial charge in [0.05, 0.1) is 25.0 Å². The summed E-state index contributed by atoms with van der Waals surface area (Å²) < 4.78 is 18.7. The van der Waals surface area contributed by atoms with E-state index in [4.69, 9.17) is 16.3 Å². The highest BCUT2D eigenvalue weighted by atomic mass is 35.5. The Morgan fingerprint density at radius 2 is 2.00 bits per heavy atom. The number of rotatable bonds is 5. The van der Waals surface area contributed by atoms with E-state index in [9.17, 15) is 9.18 Å². The SMILES string of the molecule is COc1cc(Cl)c(C)cc1NCC(=O)Nc1ccccc1F. The lowest BCUT2D eigenvalue weighted by Crippen LogP contribution is -2.22. The quantitative estimate of drug-likeness (QED) is 0.879. The van der Waals surface area contributed by atoms with E-state index >= 15 is 0 Å². The number of nitrogens with one attached hydrogen (secondary N) is 2. The lowest BCUT2D eigenvalue weighted by Gasteiger charge is -2.13. The molecule has 2 aromatic rings. The van der Waals surface area contributed by atoms with Crippen LogP contribution in [0.15, 0.2) is 36.4 Å². The Morgan fingerprint density at radius 1 is 1.27 bits per heavy atom. The Hall–Kier alpha value is -2.27. The third-order valence-corrected chi connectivity index (χ3v) is 3.48. The zero-order valence-electron chi connectivity index (χ0n) is 12.2. The number of anilines is 2. The predicted octanol–water partition coefficient (Wildman–Crippen LogP) is 3.85. The first-order valence-corrected chi connectivity index (χ1v) is 7.01. The fraction of sp³-hybridized carbons (Fsp3) is 0.188. The number of hydrogen-bond donors (Lipinski definition) is 2. The molecule has 6 heteroatoms. The molecule has 0 fully saturated rings. The molecule has 0 aliphatic heterocycles. The van der Waals surface area contributed by atoms with Crippen molar-refractivity contribution in [2.75, 3.05) is 24.3 Å². The van der Waals surface area contributed by atoms with Crippen molar-refractivity contribution in [2.24, 2.45) is 0 Å². The predicted molar refractivity (Wildman–Crippen MR) is 86.3 cm³/mol. The first kappa shape index (κ1) is 16.1. The van der Waals surface area contributed by atoms with Gasteiger partial charge in [-0.3, -0.25) is 4.79 Å². The molecule has 2 N–H and O–H groups in total. The summed E-state index contributed by atoms with van der Waals surface area (Å²) in [4.78, 5) is 11.9. The number of para-hydroxylation sites is 1. The van der Waals surface area contributed by atoms with Crippen LogP contribution in [-0.2, 0) is 4.79 Å². The van der Waals surface area contributed by atoms with E-state index in [2.05, 4.69) is 10.6 Å². The first-order chi connectivity index (χ1) is 10.5. The molecule has 0 aromatic heterocycles. The van der Waals surface area contributed by atoms with Crippen LogP contribution in [0.1, 0.15) is 5.56 Å². The van der Waals surface area contributed by atoms with Crippen LogP contribution >= 0.6 is 11.6 Å². The maximum absolute atomic E-state index is 13.5. The molecule has 0 aliphatic carbocycles. The van der Waals surface area contributed by atoms with Crippen molar-refractivity contribution < 1.29 is 13.9 Å². The summed E-state index contributed by atoms with van der Waals surface area (Å²) in [5.74, 6) is -0.301. The monoisotopic (exact) mass is 322 g/mol. The zero-order valence-corrected chi connectivity index (χ0v) is 13.0. The molecule has 0 aliphatic rings. The van der Waals surface area contributed by atoms with Gasteiger partial charge in [-0.05, 0) is 30.7 Å². The van der Waals surface area contributed by atoms with Crippen LogP contribution in [0.25, 0.3) is 0 Å². The van der Waals surface area contributed by atoms with E-state index in [1.54, 1.807) is 24.3 Å². The van der Waals surface area contributed by atoms with Crippen molar-refractivity contribution in [1.82, 2.24) is 0 Å². The molecule has 0 unspecified atom stereocenters. The largest absolute Gasteiger partial charge is 0.495 e. The van der Waals surface area contributed by atoms with Crippen LogP contribution in [0.3, 0.4) is 0 Å². The second-order valence-electron chi connectivity index (χ2n) is 4.68. The lowest BCUT2D eigenvalue weighted by molar-refractivity contribution is -0.114. The molecule has 0 saturated carbocycles. The van der Waals surface area contributed by atoms with Crippen molar-refractivity contribution in [2.45, 2.75) is 6.92 Å². The number of aryl methyl sites for hydroxylation is 1. The Bertz CT molecular complexity index is 692. The molecule has 0 radical (unpaired) electrons. The van der Waals surface area contributed by atoms with E-state index in [-0.39, 0.29) is 18.1 Å². The minimum Gasteiger partial charge on any atom is -0.495 e. The second-order valence-corrected chi connectivity index (χ2v) is 5.09. The molecule has 22 heavy (non-hydrogen) atoms. The van der Waals surface area contributed by atoms with Crippen LogP contribution in [0.4, 0.5) is 15.8 Å². The topological polar surface area (TPSA) is 50.4 Å². The van der Waals surface area contributed by atoms with Gasteiger partial charge < -0.3 is 15.4 Å². The van der Waals surface area contributed by atoms with Crippen LogP contribution in [0.5, 0.6) is 5.75 Å². The third kappa shape index (κ3) is 3.89. The van der Waals surface area contributed by atoms with Gasteiger partial charge >= 0.3 is 0 Å². The van der Waals surface area contributed by atoms with E-state index in [0.29, 0.717) is 16.5 Å². The van der Waals surface area contributed by atoms with Gasteiger partial charge in [0.1, 0.15) is 11.6 Å². The lowest BCUT2D eigenvalue weighted by atomic mass is 10.2. The molecule has 1 amide bonds. The van der Waals surface area contributed by atoms with E-state index in [1.807, 2.05) is 6.92 Å². The number of halogens is 2. The zero-order chi connectivity index (χ0) is 16.1. The molecule has 2 aromatic carbocycles. The van der Waals surface area contributed by atoms with Crippen molar-refractivity contribution in [3.63, 3.8) is 0 Å². The summed E-state index contributed by atoms with van der Waals surface area (Å²) in [6, 6.07) is 9.46. The minimum absolute atomic E-state index is 0.0221. The molecule has 0 saturated heterocycles. The molecule has 0 heterocycles. The van der Waals surface area contributed by atoms with Gasteiger partial charge in [0.15, 0.2) is 0 Å². The van der Waals surface area contributed by atoms with Gasteiger partial charge in [-0.2, -0.15) is 0 Å². The summed E-state index contributed by atoms with van der Waals surface area (Å²) >= 11 is 6.02. The summed E-state index contributed by atoms with van der Waals surface area (Å²) in [5, 5.41) is 6.04. The summed E-state index contributed by atoms with van der Waals surface area (Å²) in [5.41, 5.74) is 1.65. The smallest absolute Gasteiger partial charge is 0.243 e. The molecule has 4 nitrogen and oxygen atoms in total. The number of carbonyl (C=O) groups excluding carboxylic acids is 1. The fourth-order valence-corrected chi connectivity index (χ4v) is 2.06. The fourth-order valence-electron chi connectivity index (χ4n) is 1.90. The van der Waals surface area contributed by atoms with Crippen LogP contribution < -0.4 is 15.4 Å². The Morgan fingerprint density at radius 3 is 2.68 bits per heavy atom. The highest BCUT2D eigenvalue weighted by Crippen LogP contribution is 2.30. The maximum Gasteiger partial charge on any atom is 0.243 e. The third-order valence-electron chi connectivity index (χ3n) is 3.07. The summed E-state index contributed by atoms with van der Waals surface area (Å²) in [6.45, 7) is 1.83. The normalized spacial score (nSPS) is 10.2. The summed E-state index contributed by atoms with van der Waals surface area (Å²) in [7, 11) is 1.52. The molecular formula is C16H16ClFN2O2. The Balaban J connectivity index is 2.02. The van der Waals surface area contributed by atoms with Gasteiger partial charge in [-0.1, -0.05) is 23.7 Å². The minimum atomic E-state index is -0.476. The average Bonchev–Trinajstić information content (AvgIpc) is 2.50. The van der Waals surface area contributed by atoms with E-state index in [1.165, 1.54) is 19.2 Å². The first-order valence-electron chi connectivity index (χ1n) is 6.63. The highest BCUT2D eigenvalue weighted by molar-refractivity contribution is 6.31. The molecule has 116 valence electrons. The Kier molecular flexibility index (Phi) is 5.22. The van der Waals surface area contributed by atoms with Crippen molar-refractivity contribution in [3.8, 4) is 5.75 Å². The number of ether oxygens (including phenoxy) is 1. The summed E-state index contributed by atoms with van der Waals surface area (Å²) in [6.07, 6.45) is 0. The van der Waals surface area contributed by atoms with Crippen LogP contribution in [0.2, 0.25) is 5.02 Å². The van der Waals surface area contributed by atoms with Gasteiger partial charge in [0, 0.05) is 11.1 Å². The number of carbonyl (C=O) groups is 1. The molecule has 2 rings (SSSR count). The van der Waals surface area contributed by atoms with E-state index < -0.39 is 5.82 Å². The van der Waals surface area contributed by atoms with Crippen molar-refractivity contribution in [3.05, 3.63) is 52.8 Å². The maximum atomic E-state index is 13.5. The number of benzene rings is 2. The van der Waals surface area contributed by atoms with Gasteiger partial charge in [-0.25, -0.2) is 4.39 Å². The Labute approximate surface area is 133 Å². The number of methoxy groups -OCH3 is 1. The van der Waals surface area contributed by atoms with Crippen molar-refractivity contribution >= 4 is 28.9 Å². The molecule has 0 atom stereocenters. The van der Waals surface area contributed by atoms with Crippen molar-refractivity contribution in [1.29, 1.82) is 0 Å². The van der Waals surface area contributed by atoms with E-state index in [0.717, 1.165) is 5.56 Å². The van der Waals surface area contributed by atoms with Gasteiger partial charge in [0.2, 0.25) is 5.91 Å². The molecule has 0 spiro atoms. The second kappa shape index (κ2) is 7.13. The van der Waals surface area contributed by atoms with Gasteiger partial charge in [-0.15, -0.1) is 0 Å². The average molecular weight is 323 g/mol. The number of amides is 1. The van der Waals surface area contributed by atoms with Gasteiger partial charge in [0.25, 0.3) is 0 Å². The molecule has 0 bridgehead atoms. The highest BCUT2D eigenvalue weighted by Gasteiger charge is 2.10.